The zero-order chi connectivity index (χ0) is 15.7. The molecule has 0 aliphatic heterocycles. The molecule has 122 valence electrons. The van der Waals surface area contributed by atoms with E-state index in [1.165, 1.54) is 0 Å². The number of carboxylic acids is 4. The van der Waals surface area contributed by atoms with E-state index in [1.54, 1.807) is 0 Å². The van der Waals surface area contributed by atoms with Crippen LogP contribution in [0.15, 0.2) is 0 Å². The van der Waals surface area contributed by atoms with Crippen LogP contribution >= 0.6 is 0 Å². The first-order valence-electron chi connectivity index (χ1n) is 5.44. The van der Waals surface area contributed by atoms with E-state index in [0.717, 1.165) is 9.80 Å². The van der Waals surface area contributed by atoms with E-state index >= 15 is 0 Å². The van der Waals surface area contributed by atoms with E-state index in [-0.39, 0.29) is 47.8 Å². The minimum Gasteiger partial charge on any atom is -0.549 e. The third kappa shape index (κ3) is 15.3. The monoisotopic (exact) mass is 392 g/mol. The summed E-state index contributed by atoms with van der Waals surface area (Å²) < 4.78 is 0. The number of carbonyl (C=O) groups is 4. The van der Waals surface area contributed by atoms with Gasteiger partial charge in [-0.05, 0) is 0 Å². The molecule has 0 rings (SSSR count). The van der Waals surface area contributed by atoms with Crippen molar-refractivity contribution in [3.05, 3.63) is 0 Å². The average Bonchev–Trinajstić information content (AvgIpc) is 2.22. The normalized spacial score (nSPS) is 9.73. The van der Waals surface area contributed by atoms with E-state index in [0.29, 0.717) is 0 Å². The maximum atomic E-state index is 10.4. The average molecular weight is 392 g/mol. The Morgan fingerprint density at radius 1 is 0.545 bits per heavy atom. The molecular weight excluding hydrogens is 380 g/mol. The van der Waals surface area contributed by atoms with Gasteiger partial charge in [-0.2, -0.15) is 0 Å². The molecule has 0 aromatic carbocycles. The van der Waals surface area contributed by atoms with E-state index in [9.17, 15) is 39.6 Å². The fourth-order valence-electron chi connectivity index (χ4n) is 1.44. The van der Waals surface area contributed by atoms with Crippen molar-refractivity contribution in [3.8, 4) is 0 Å². The molecule has 0 bridgehead atoms. The van der Waals surface area contributed by atoms with E-state index in [4.69, 9.17) is 0 Å². The molecule has 0 N–H and O–H groups in total. The third-order valence-corrected chi connectivity index (χ3v) is 2.14. The molecule has 0 unspecified atom stereocenters. The SMILES string of the molecule is O=C([O-])CN(CCN(CC(=O)[O-])CC(=O)[O-])CC(=O)[O-].[Cr+2].[Cr+2]. The summed E-state index contributed by atoms with van der Waals surface area (Å²) in [5.41, 5.74) is 0. The van der Waals surface area contributed by atoms with Crippen LogP contribution in [0.25, 0.3) is 0 Å². The second kappa shape index (κ2) is 13.5. The molecular formula is C10H12Cr2N2O8. The number of hydrogen-bond donors (Lipinski definition) is 0. The number of carbonyl (C=O) groups excluding carboxylic acids is 4. The van der Waals surface area contributed by atoms with Gasteiger partial charge in [-0.25, -0.2) is 0 Å². The van der Waals surface area contributed by atoms with Crippen LogP contribution in [0.5, 0.6) is 0 Å². The summed E-state index contributed by atoms with van der Waals surface area (Å²) in [5.74, 6) is -6.12. The molecule has 0 aromatic heterocycles. The maximum absolute atomic E-state index is 10.4. The summed E-state index contributed by atoms with van der Waals surface area (Å²) >= 11 is 0. The van der Waals surface area contributed by atoms with Crippen LogP contribution in [0.2, 0.25) is 0 Å². The summed E-state index contributed by atoms with van der Waals surface area (Å²) in [6.45, 7) is -3.25. The van der Waals surface area contributed by atoms with Crippen molar-refractivity contribution in [1.82, 2.24) is 9.80 Å². The second-order valence-electron chi connectivity index (χ2n) is 3.91. The Morgan fingerprint density at radius 2 is 0.727 bits per heavy atom. The predicted octanol–water partition coefficient (Wildman–Crippen LogP) is -7.42. The summed E-state index contributed by atoms with van der Waals surface area (Å²) in [7, 11) is 0. The van der Waals surface area contributed by atoms with Crippen LogP contribution in [0.4, 0.5) is 0 Å². The Morgan fingerprint density at radius 3 is 0.864 bits per heavy atom. The molecule has 0 fully saturated rings. The zero-order valence-electron chi connectivity index (χ0n) is 11.2. The standard InChI is InChI=1S/C10H16N2O8.2Cr/c13-7(14)3-11(4-8(15)16)1-2-12(5-9(17)18)6-10(19)20;;/h1-6H2,(H,13,14)(H,15,16)(H,17,18)(H,19,20);;/q;2*+2/p-4. The van der Waals surface area contributed by atoms with Crippen molar-refractivity contribution in [2.75, 3.05) is 39.3 Å². The fraction of sp³-hybridized carbons (Fsp3) is 0.600. The van der Waals surface area contributed by atoms with Gasteiger partial charge in [0.15, 0.2) is 0 Å². The van der Waals surface area contributed by atoms with E-state index in [1.807, 2.05) is 0 Å². The van der Waals surface area contributed by atoms with Gasteiger partial charge in [0.05, 0.1) is 23.9 Å². The largest absolute Gasteiger partial charge is 2.00 e. The first kappa shape index (κ1) is 25.8. The summed E-state index contributed by atoms with van der Waals surface area (Å²) in [6.07, 6.45) is 0. The molecule has 22 heavy (non-hydrogen) atoms. The minimum absolute atomic E-state index is 0. The van der Waals surface area contributed by atoms with Crippen molar-refractivity contribution in [1.29, 1.82) is 0 Å². The summed E-state index contributed by atoms with van der Waals surface area (Å²) in [5, 5.41) is 41.6. The first-order chi connectivity index (χ1) is 9.20. The van der Waals surface area contributed by atoms with Gasteiger partial charge < -0.3 is 39.6 Å². The smallest absolute Gasteiger partial charge is 0.549 e. The van der Waals surface area contributed by atoms with Crippen LogP contribution in [-0.4, -0.2) is 72.9 Å². The first-order valence-corrected chi connectivity index (χ1v) is 5.44. The molecule has 0 amide bonds. The third-order valence-electron chi connectivity index (χ3n) is 2.14. The van der Waals surface area contributed by atoms with Crippen molar-refractivity contribution in [2.45, 2.75) is 0 Å². The molecule has 0 aliphatic rings. The van der Waals surface area contributed by atoms with Gasteiger partial charge in [-0.3, -0.25) is 9.80 Å². The molecule has 0 aliphatic carbocycles. The number of hydrogen-bond acceptors (Lipinski definition) is 10. The van der Waals surface area contributed by atoms with Gasteiger partial charge in [0.2, 0.25) is 0 Å². The predicted molar refractivity (Wildman–Crippen MR) is 52.9 cm³/mol. The van der Waals surface area contributed by atoms with Gasteiger partial charge in [0.1, 0.15) is 0 Å². The van der Waals surface area contributed by atoms with Crippen molar-refractivity contribution >= 4 is 23.9 Å². The number of aliphatic carboxylic acids is 4. The minimum atomic E-state index is -1.53. The molecule has 0 radical (unpaired) electrons. The molecule has 10 nitrogen and oxygen atoms in total. The van der Waals surface area contributed by atoms with Crippen LogP contribution in [0.1, 0.15) is 0 Å². The molecule has 0 spiro atoms. The Bertz CT molecular complexity index is 325. The van der Waals surface area contributed by atoms with Crippen molar-refractivity contribution < 1.29 is 74.3 Å². The number of carboxylic acid groups (broad SMARTS) is 4. The molecule has 0 atom stereocenters. The van der Waals surface area contributed by atoms with Crippen molar-refractivity contribution in [3.63, 3.8) is 0 Å². The summed E-state index contributed by atoms with van der Waals surface area (Å²) in [4.78, 5) is 43.4. The Kier molecular flexibility index (Phi) is 15.9. The van der Waals surface area contributed by atoms with Crippen LogP contribution in [0, 0.1) is 0 Å². The Balaban J connectivity index is -0.00000180. The molecule has 0 saturated carbocycles. The zero-order valence-corrected chi connectivity index (χ0v) is 13.8. The Labute approximate surface area is 147 Å². The number of rotatable bonds is 11. The van der Waals surface area contributed by atoms with Crippen molar-refractivity contribution in [2.24, 2.45) is 0 Å². The quantitative estimate of drug-likeness (QED) is 0.329. The van der Waals surface area contributed by atoms with Gasteiger partial charge in [-0.15, -0.1) is 0 Å². The molecule has 0 saturated heterocycles. The van der Waals surface area contributed by atoms with Gasteiger partial charge in [-0.1, -0.05) is 0 Å². The van der Waals surface area contributed by atoms with E-state index in [2.05, 4.69) is 0 Å². The van der Waals surface area contributed by atoms with E-state index < -0.39 is 50.1 Å². The van der Waals surface area contributed by atoms with Crippen LogP contribution in [-0.2, 0) is 53.9 Å². The topological polar surface area (TPSA) is 167 Å². The maximum Gasteiger partial charge on any atom is 2.00 e. The molecule has 0 heterocycles. The molecule has 12 heteroatoms. The van der Waals surface area contributed by atoms with Crippen LogP contribution in [0.3, 0.4) is 0 Å². The Hall–Kier alpha value is -1.14. The van der Waals surface area contributed by atoms with Gasteiger partial charge >= 0.3 is 34.7 Å². The number of nitrogens with zero attached hydrogens (tertiary/aromatic N) is 2. The molecule has 0 aromatic rings. The van der Waals surface area contributed by atoms with Gasteiger partial charge in [0, 0.05) is 39.3 Å². The second-order valence-corrected chi connectivity index (χ2v) is 3.91. The van der Waals surface area contributed by atoms with Crippen LogP contribution < -0.4 is 20.4 Å². The van der Waals surface area contributed by atoms with Gasteiger partial charge in [0.25, 0.3) is 0 Å². The fourth-order valence-corrected chi connectivity index (χ4v) is 1.44. The summed E-state index contributed by atoms with van der Waals surface area (Å²) in [6, 6.07) is 0.